The minimum atomic E-state index is -3.76. The molecule has 1 aliphatic rings. The Labute approximate surface area is 179 Å². The van der Waals surface area contributed by atoms with Crippen molar-refractivity contribution in [3.63, 3.8) is 0 Å². The molecule has 1 fully saturated rings. The van der Waals surface area contributed by atoms with Crippen LogP contribution in [0.2, 0.25) is 0 Å². The van der Waals surface area contributed by atoms with E-state index in [0.717, 1.165) is 4.31 Å². The van der Waals surface area contributed by atoms with Crippen molar-refractivity contribution in [1.29, 1.82) is 0 Å². The molecule has 2 aromatic heterocycles. The third kappa shape index (κ3) is 4.70. The molecule has 3 N–H and O–H groups in total. The van der Waals surface area contributed by atoms with E-state index in [4.69, 9.17) is 0 Å². The number of benzene rings is 1. The number of nitrogens with zero attached hydrogens (tertiary/aromatic N) is 5. The van der Waals surface area contributed by atoms with Gasteiger partial charge in [-0.05, 0) is 30.3 Å². The molecule has 1 saturated heterocycles. The number of nitrogens with one attached hydrogen (secondary N) is 3. The summed E-state index contributed by atoms with van der Waals surface area (Å²) in [5.41, 5.74) is 2.22. The normalized spacial score (nSPS) is 16.5. The van der Waals surface area contributed by atoms with Crippen LogP contribution in [0.25, 0.3) is 11.0 Å². The molecule has 0 aliphatic carbocycles. The van der Waals surface area contributed by atoms with E-state index in [1.54, 1.807) is 30.3 Å². The Morgan fingerprint density at radius 3 is 2.48 bits per heavy atom. The van der Waals surface area contributed by atoms with Gasteiger partial charge in [-0.2, -0.15) is 28.1 Å². The lowest BCUT2D eigenvalue weighted by Gasteiger charge is -2.28. The second-order valence-corrected chi connectivity index (χ2v) is 11.4. The molecule has 0 atom stereocenters. The SMILES string of the molecule is CN(C)S(=O)(=O)Nc1ccc(N2CCS(=O)(=O)CC2)nc1Nc1ccc2n[nH]nc2c1. The number of H-pyrrole nitrogens is 1. The zero-order valence-electron chi connectivity index (χ0n) is 16.9. The van der Waals surface area contributed by atoms with Crippen molar-refractivity contribution >= 4 is 54.1 Å². The number of sulfone groups is 1. The minimum absolute atomic E-state index is 0.0509. The van der Waals surface area contributed by atoms with Gasteiger partial charge in [-0.1, -0.05) is 0 Å². The van der Waals surface area contributed by atoms with Crippen molar-refractivity contribution in [2.75, 3.05) is 53.6 Å². The number of aromatic nitrogens is 4. The monoisotopic (exact) mass is 466 g/mol. The molecular weight excluding hydrogens is 444 g/mol. The first kappa shape index (κ1) is 21.3. The molecular formula is C17H22N8O4S2. The molecule has 3 aromatic rings. The van der Waals surface area contributed by atoms with Crippen LogP contribution in [0.3, 0.4) is 0 Å². The van der Waals surface area contributed by atoms with Crippen LogP contribution in [-0.4, -0.2) is 80.2 Å². The lowest BCUT2D eigenvalue weighted by molar-refractivity contribution is 0.527. The zero-order chi connectivity index (χ0) is 22.2. The average Bonchev–Trinajstić information content (AvgIpc) is 3.17. The van der Waals surface area contributed by atoms with Crippen LogP contribution in [0.5, 0.6) is 0 Å². The van der Waals surface area contributed by atoms with Gasteiger partial charge in [0.25, 0.3) is 0 Å². The van der Waals surface area contributed by atoms with E-state index < -0.39 is 20.0 Å². The standard InChI is InChI=1S/C17H22N8O4S2/c1-24(2)31(28,29)22-14-5-6-16(25-7-9-30(26,27)10-8-25)19-17(14)18-12-3-4-13-15(11-12)21-23-20-13/h3-6,11,22H,7-10H2,1-2H3,(H,18,19)(H,20,21,23). The van der Waals surface area contributed by atoms with Crippen molar-refractivity contribution in [2.24, 2.45) is 0 Å². The van der Waals surface area contributed by atoms with Gasteiger partial charge >= 0.3 is 10.2 Å². The number of anilines is 4. The Balaban J connectivity index is 1.69. The maximum absolute atomic E-state index is 12.4. The quantitative estimate of drug-likeness (QED) is 0.472. The molecule has 14 heteroatoms. The van der Waals surface area contributed by atoms with Crippen molar-refractivity contribution in [3.8, 4) is 0 Å². The lowest BCUT2D eigenvalue weighted by Crippen LogP contribution is -2.40. The Kier molecular flexibility index (Phi) is 5.45. The van der Waals surface area contributed by atoms with Crippen LogP contribution in [0.15, 0.2) is 30.3 Å². The number of hydrogen-bond donors (Lipinski definition) is 3. The van der Waals surface area contributed by atoms with Crippen LogP contribution in [0.1, 0.15) is 0 Å². The largest absolute Gasteiger partial charge is 0.355 e. The maximum Gasteiger partial charge on any atom is 0.301 e. The molecule has 1 aromatic carbocycles. The van der Waals surface area contributed by atoms with Crippen LogP contribution >= 0.6 is 0 Å². The molecule has 1 aliphatic heterocycles. The highest BCUT2D eigenvalue weighted by molar-refractivity contribution is 7.91. The molecule has 0 radical (unpaired) electrons. The highest BCUT2D eigenvalue weighted by atomic mass is 32.2. The molecule has 0 saturated carbocycles. The number of hydrogen-bond acceptors (Lipinski definition) is 9. The average molecular weight is 467 g/mol. The number of rotatable bonds is 6. The smallest absolute Gasteiger partial charge is 0.301 e. The summed E-state index contributed by atoms with van der Waals surface area (Å²) in [5, 5.41) is 13.7. The second kappa shape index (κ2) is 7.94. The molecule has 12 nitrogen and oxygen atoms in total. The van der Waals surface area contributed by atoms with Crippen LogP contribution in [0, 0.1) is 0 Å². The summed E-state index contributed by atoms with van der Waals surface area (Å²) in [4.78, 5) is 6.44. The topological polar surface area (TPSA) is 153 Å². The van der Waals surface area contributed by atoms with E-state index in [9.17, 15) is 16.8 Å². The first-order chi connectivity index (χ1) is 14.6. The first-order valence-electron chi connectivity index (χ1n) is 9.37. The highest BCUT2D eigenvalue weighted by Crippen LogP contribution is 2.29. The van der Waals surface area contributed by atoms with Gasteiger partial charge in [0.1, 0.15) is 16.9 Å². The summed E-state index contributed by atoms with van der Waals surface area (Å²) in [6.45, 7) is 0.644. The summed E-state index contributed by atoms with van der Waals surface area (Å²) in [7, 11) is -3.96. The van der Waals surface area contributed by atoms with E-state index in [0.29, 0.717) is 35.6 Å². The van der Waals surface area contributed by atoms with Gasteiger partial charge in [-0.25, -0.2) is 13.4 Å². The van der Waals surface area contributed by atoms with Gasteiger partial charge in [0.05, 0.1) is 17.2 Å². The fourth-order valence-electron chi connectivity index (χ4n) is 3.03. The first-order valence-corrected chi connectivity index (χ1v) is 12.6. The lowest BCUT2D eigenvalue weighted by atomic mass is 10.2. The highest BCUT2D eigenvalue weighted by Gasteiger charge is 2.24. The van der Waals surface area contributed by atoms with Crippen LogP contribution < -0.4 is 14.9 Å². The van der Waals surface area contributed by atoms with Crippen molar-refractivity contribution in [2.45, 2.75) is 0 Å². The zero-order valence-corrected chi connectivity index (χ0v) is 18.5. The molecule has 166 valence electrons. The number of pyridine rings is 1. The third-order valence-corrected chi connectivity index (χ3v) is 7.90. The van der Waals surface area contributed by atoms with E-state index in [1.807, 2.05) is 4.90 Å². The summed E-state index contributed by atoms with van der Waals surface area (Å²) in [6, 6.07) is 8.56. The third-order valence-electron chi connectivity index (χ3n) is 4.85. The Bertz CT molecular complexity index is 1310. The van der Waals surface area contributed by atoms with E-state index in [2.05, 4.69) is 30.4 Å². The fourth-order valence-corrected chi connectivity index (χ4v) is 4.86. The van der Waals surface area contributed by atoms with E-state index in [-0.39, 0.29) is 23.0 Å². The molecule has 31 heavy (non-hydrogen) atoms. The summed E-state index contributed by atoms with van der Waals surface area (Å²) in [5.74, 6) is 0.928. The van der Waals surface area contributed by atoms with Crippen molar-refractivity contribution in [1.82, 2.24) is 24.7 Å². The predicted molar refractivity (Wildman–Crippen MR) is 119 cm³/mol. The molecule has 0 amide bonds. The van der Waals surface area contributed by atoms with Gasteiger partial charge in [0.2, 0.25) is 0 Å². The summed E-state index contributed by atoms with van der Waals surface area (Å²) < 4.78 is 51.8. The minimum Gasteiger partial charge on any atom is -0.355 e. The molecule has 3 heterocycles. The van der Waals surface area contributed by atoms with Gasteiger partial charge in [-0.15, -0.1) is 0 Å². The fraction of sp³-hybridized carbons (Fsp3) is 0.353. The van der Waals surface area contributed by atoms with Crippen LogP contribution in [-0.2, 0) is 20.0 Å². The maximum atomic E-state index is 12.4. The molecule has 4 rings (SSSR count). The van der Waals surface area contributed by atoms with Crippen molar-refractivity contribution in [3.05, 3.63) is 30.3 Å². The molecule has 0 spiro atoms. The number of aromatic amines is 1. The summed E-state index contributed by atoms with van der Waals surface area (Å²) in [6.07, 6.45) is 0. The predicted octanol–water partition coefficient (Wildman–Crippen LogP) is 0.550. The van der Waals surface area contributed by atoms with E-state index in [1.165, 1.54) is 14.1 Å². The van der Waals surface area contributed by atoms with Gasteiger partial charge in [0, 0.05) is 32.9 Å². The van der Waals surface area contributed by atoms with Gasteiger partial charge < -0.3 is 10.2 Å². The Hall–Kier alpha value is -2.97. The van der Waals surface area contributed by atoms with Crippen LogP contribution in [0.4, 0.5) is 23.0 Å². The molecule has 0 unspecified atom stereocenters. The summed E-state index contributed by atoms with van der Waals surface area (Å²) >= 11 is 0. The van der Waals surface area contributed by atoms with Crippen molar-refractivity contribution < 1.29 is 16.8 Å². The Morgan fingerprint density at radius 1 is 1.06 bits per heavy atom. The molecule has 0 bridgehead atoms. The second-order valence-electron chi connectivity index (χ2n) is 7.25. The number of fused-ring (bicyclic) bond motifs is 1. The Morgan fingerprint density at radius 2 is 1.77 bits per heavy atom. The van der Waals surface area contributed by atoms with Gasteiger partial charge in [0.15, 0.2) is 15.7 Å². The van der Waals surface area contributed by atoms with Gasteiger partial charge in [-0.3, -0.25) is 4.72 Å². The van der Waals surface area contributed by atoms with E-state index >= 15 is 0 Å².